The Hall–Kier alpha value is -2.95. The van der Waals surface area contributed by atoms with Crippen molar-refractivity contribution in [3.8, 4) is 0 Å². The Labute approximate surface area is 164 Å². The van der Waals surface area contributed by atoms with Crippen molar-refractivity contribution in [2.75, 3.05) is 6.54 Å². The van der Waals surface area contributed by atoms with Gasteiger partial charge in [0.1, 0.15) is 5.82 Å². The minimum atomic E-state index is -0.120. The summed E-state index contributed by atoms with van der Waals surface area (Å²) in [6.07, 6.45) is 3.81. The van der Waals surface area contributed by atoms with Gasteiger partial charge >= 0.3 is 0 Å². The summed E-state index contributed by atoms with van der Waals surface area (Å²) in [5.41, 5.74) is 3.03. The minimum absolute atomic E-state index is 0.120. The molecule has 1 aliphatic rings. The lowest BCUT2D eigenvalue weighted by Gasteiger charge is -2.25. The molecular formula is C23H25N3O2. The van der Waals surface area contributed by atoms with Crippen molar-refractivity contribution in [2.24, 2.45) is 0 Å². The van der Waals surface area contributed by atoms with Gasteiger partial charge in [-0.05, 0) is 43.9 Å². The van der Waals surface area contributed by atoms with E-state index in [2.05, 4.69) is 41.2 Å². The van der Waals surface area contributed by atoms with Crippen molar-refractivity contribution in [2.45, 2.75) is 45.1 Å². The lowest BCUT2D eigenvalue weighted by atomic mass is 10.0. The van der Waals surface area contributed by atoms with E-state index in [9.17, 15) is 9.59 Å². The lowest BCUT2D eigenvalue weighted by molar-refractivity contribution is -0.132. The normalized spacial score (nSPS) is 16.6. The molecule has 0 aliphatic carbocycles. The zero-order valence-electron chi connectivity index (χ0n) is 16.1. The van der Waals surface area contributed by atoms with Crippen LogP contribution < -0.4 is 5.56 Å². The van der Waals surface area contributed by atoms with Gasteiger partial charge in [0.15, 0.2) is 0 Å². The van der Waals surface area contributed by atoms with E-state index >= 15 is 0 Å². The maximum Gasteiger partial charge on any atom is 0.258 e. The first-order valence-corrected chi connectivity index (χ1v) is 9.96. The monoisotopic (exact) mass is 375 g/mol. The molecule has 4 rings (SSSR count). The summed E-state index contributed by atoms with van der Waals surface area (Å²) in [4.78, 5) is 34.3. The maximum atomic E-state index is 12.8. The van der Waals surface area contributed by atoms with Gasteiger partial charge in [-0.2, -0.15) is 0 Å². The number of carbonyl (C=O) groups excluding carboxylic acids is 1. The Balaban J connectivity index is 1.39. The minimum Gasteiger partial charge on any atom is -0.336 e. The number of aryl methyl sites for hydroxylation is 2. The molecule has 0 radical (unpaired) electrons. The Bertz CT molecular complexity index is 1040. The number of nitrogens with zero attached hydrogens (tertiary/aromatic N) is 2. The van der Waals surface area contributed by atoms with Crippen LogP contribution in [-0.2, 0) is 11.2 Å². The number of para-hydroxylation sites is 1. The van der Waals surface area contributed by atoms with Gasteiger partial charge in [-0.15, -0.1) is 0 Å². The van der Waals surface area contributed by atoms with Crippen molar-refractivity contribution in [1.29, 1.82) is 0 Å². The van der Waals surface area contributed by atoms with Crippen LogP contribution in [0.2, 0.25) is 0 Å². The molecule has 28 heavy (non-hydrogen) atoms. The molecule has 0 spiro atoms. The fourth-order valence-electron chi connectivity index (χ4n) is 4.00. The van der Waals surface area contributed by atoms with Crippen LogP contribution in [0.3, 0.4) is 0 Å². The summed E-state index contributed by atoms with van der Waals surface area (Å²) in [6.45, 7) is 2.90. The summed E-state index contributed by atoms with van der Waals surface area (Å²) >= 11 is 0. The fraction of sp³-hybridized carbons (Fsp3) is 0.348. The summed E-state index contributed by atoms with van der Waals surface area (Å²) < 4.78 is 0. The van der Waals surface area contributed by atoms with Gasteiger partial charge in [-0.3, -0.25) is 9.59 Å². The predicted molar refractivity (Wildman–Crippen MR) is 110 cm³/mol. The van der Waals surface area contributed by atoms with Gasteiger partial charge in [0, 0.05) is 19.4 Å². The van der Waals surface area contributed by atoms with E-state index in [0.29, 0.717) is 36.0 Å². The first kappa shape index (κ1) is 18.4. The van der Waals surface area contributed by atoms with Gasteiger partial charge in [0.25, 0.3) is 5.56 Å². The highest BCUT2D eigenvalue weighted by Gasteiger charge is 2.29. The van der Waals surface area contributed by atoms with Gasteiger partial charge in [0.2, 0.25) is 5.91 Å². The zero-order chi connectivity index (χ0) is 19.5. The van der Waals surface area contributed by atoms with Crippen LogP contribution in [-0.4, -0.2) is 27.3 Å². The fourth-order valence-corrected chi connectivity index (χ4v) is 4.00. The van der Waals surface area contributed by atoms with Gasteiger partial charge in [0.05, 0.1) is 16.9 Å². The summed E-state index contributed by atoms with van der Waals surface area (Å²) in [5.74, 6) is 0.833. The van der Waals surface area contributed by atoms with E-state index in [1.54, 1.807) is 6.07 Å². The van der Waals surface area contributed by atoms with Gasteiger partial charge in [-0.1, -0.05) is 42.0 Å². The van der Waals surface area contributed by atoms with Crippen LogP contribution in [0.5, 0.6) is 0 Å². The van der Waals surface area contributed by atoms with Crippen LogP contribution in [0.15, 0.2) is 53.3 Å². The number of aromatic amines is 1. The molecule has 1 aliphatic heterocycles. The molecule has 5 nitrogen and oxygen atoms in total. The highest BCUT2D eigenvalue weighted by molar-refractivity contribution is 5.77. The number of H-pyrrole nitrogens is 1. The molecular weight excluding hydrogens is 350 g/mol. The number of likely N-dealkylation sites (tertiary alicyclic amines) is 1. The molecule has 1 saturated heterocycles. The number of amides is 1. The molecule has 1 atom stereocenters. The topological polar surface area (TPSA) is 66.1 Å². The average Bonchev–Trinajstić information content (AvgIpc) is 3.18. The molecule has 144 valence electrons. The van der Waals surface area contributed by atoms with Crippen LogP contribution in [0.25, 0.3) is 10.9 Å². The van der Waals surface area contributed by atoms with Gasteiger partial charge < -0.3 is 9.88 Å². The molecule has 1 fully saturated rings. The SMILES string of the molecule is Cc1ccc(C2CCCN2C(=O)CCCc2nc3ccccc3c(=O)[nH]2)cc1. The van der Waals surface area contributed by atoms with Crippen LogP contribution in [0, 0.1) is 6.92 Å². The number of rotatable bonds is 5. The molecule has 1 amide bonds. The molecule has 0 bridgehead atoms. The van der Waals surface area contributed by atoms with Crippen molar-refractivity contribution >= 4 is 16.8 Å². The quantitative estimate of drug-likeness (QED) is 0.735. The smallest absolute Gasteiger partial charge is 0.258 e. The second-order valence-corrected chi connectivity index (χ2v) is 7.54. The van der Waals surface area contributed by atoms with E-state index in [-0.39, 0.29) is 17.5 Å². The molecule has 1 unspecified atom stereocenters. The summed E-state index contributed by atoms with van der Waals surface area (Å²) in [5, 5.41) is 0.598. The predicted octanol–water partition coefficient (Wildman–Crippen LogP) is 3.92. The van der Waals surface area contributed by atoms with Crippen LogP contribution >= 0.6 is 0 Å². The third-order valence-electron chi connectivity index (χ3n) is 5.50. The first-order chi connectivity index (χ1) is 13.6. The van der Waals surface area contributed by atoms with Gasteiger partial charge in [-0.25, -0.2) is 4.98 Å². The Kier molecular flexibility index (Phi) is 5.24. The Morgan fingerprint density at radius 1 is 1.18 bits per heavy atom. The van der Waals surface area contributed by atoms with E-state index in [1.807, 2.05) is 23.1 Å². The first-order valence-electron chi connectivity index (χ1n) is 9.96. The van der Waals surface area contributed by atoms with Crippen molar-refractivity contribution in [1.82, 2.24) is 14.9 Å². The zero-order valence-corrected chi connectivity index (χ0v) is 16.1. The summed E-state index contributed by atoms with van der Waals surface area (Å²) in [7, 11) is 0. The Morgan fingerprint density at radius 2 is 1.96 bits per heavy atom. The van der Waals surface area contributed by atoms with E-state index in [0.717, 1.165) is 19.4 Å². The molecule has 2 heterocycles. The number of nitrogens with one attached hydrogen (secondary N) is 1. The van der Waals surface area contributed by atoms with Crippen LogP contribution in [0.1, 0.15) is 48.7 Å². The third kappa shape index (κ3) is 3.84. The van der Waals surface area contributed by atoms with Crippen LogP contribution in [0.4, 0.5) is 0 Å². The van der Waals surface area contributed by atoms with E-state index < -0.39 is 0 Å². The molecule has 1 N–H and O–H groups in total. The van der Waals surface area contributed by atoms with Crippen molar-refractivity contribution in [3.05, 3.63) is 75.8 Å². The number of benzene rings is 2. The van der Waals surface area contributed by atoms with E-state index in [4.69, 9.17) is 0 Å². The molecule has 5 heteroatoms. The highest BCUT2D eigenvalue weighted by Crippen LogP contribution is 2.32. The number of hydrogen-bond donors (Lipinski definition) is 1. The van der Waals surface area contributed by atoms with Crippen molar-refractivity contribution in [3.63, 3.8) is 0 Å². The Morgan fingerprint density at radius 3 is 2.79 bits per heavy atom. The second-order valence-electron chi connectivity index (χ2n) is 7.54. The molecule has 3 aromatic rings. The molecule has 2 aromatic carbocycles. The highest BCUT2D eigenvalue weighted by atomic mass is 16.2. The number of hydrogen-bond acceptors (Lipinski definition) is 3. The average molecular weight is 375 g/mol. The summed E-state index contributed by atoms with van der Waals surface area (Å²) in [6, 6.07) is 16.0. The lowest BCUT2D eigenvalue weighted by Crippen LogP contribution is -2.30. The van der Waals surface area contributed by atoms with Crippen molar-refractivity contribution < 1.29 is 4.79 Å². The number of aromatic nitrogens is 2. The number of fused-ring (bicyclic) bond motifs is 1. The standard InChI is InChI=1S/C23H25N3O2/c1-16-11-13-17(14-12-16)20-8-5-15-26(20)22(27)10-4-9-21-24-19-7-3-2-6-18(19)23(28)25-21/h2-3,6-7,11-14,20H,4-5,8-10,15H2,1H3,(H,24,25,28). The third-order valence-corrected chi connectivity index (χ3v) is 5.50. The second kappa shape index (κ2) is 7.97. The maximum absolute atomic E-state index is 12.8. The number of carbonyl (C=O) groups is 1. The largest absolute Gasteiger partial charge is 0.336 e. The van der Waals surface area contributed by atoms with E-state index in [1.165, 1.54) is 11.1 Å². The molecule has 1 aromatic heterocycles. The molecule has 0 saturated carbocycles.